The van der Waals surface area contributed by atoms with E-state index < -0.39 is 0 Å². The Kier molecular flexibility index (Phi) is 7.38. The Hall–Kier alpha value is -2.80. The van der Waals surface area contributed by atoms with Gasteiger partial charge in [0.25, 0.3) is 0 Å². The van der Waals surface area contributed by atoms with Gasteiger partial charge in [-0.2, -0.15) is 0 Å². The molecule has 0 bridgehead atoms. The quantitative estimate of drug-likeness (QED) is 0.437. The summed E-state index contributed by atoms with van der Waals surface area (Å²) in [4.78, 5) is 8.81. The van der Waals surface area contributed by atoms with E-state index in [-0.39, 0.29) is 24.8 Å². The Labute approximate surface area is 193 Å². The molecule has 5 rings (SSSR count). The average molecular weight is 458 g/mol. The van der Waals surface area contributed by atoms with Crippen LogP contribution in [-0.2, 0) is 0 Å². The predicted octanol–water partition coefficient (Wildman–Crippen LogP) is 5.24. The van der Waals surface area contributed by atoms with Crippen molar-refractivity contribution in [3.63, 3.8) is 0 Å². The molecule has 0 unspecified atom stereocenters. The monoisotopic (exact) mass is 457 g/mol. The highest BCUT2D eigenvalue weighted by molar-refractivity contribution is 6.00. The van der Waals surface area contributed by atoms with Gasteiger partial charge in [0, 0.05) is 17.8 Å². The normalized spacial score (nSPS) is 13.9. The minimum absolute atomic E-state index is 0. The number of ether oxygens (including phenoxy) is 1. The summed E-state index contributed by atoms with van der Waals surface area (Å²) in [5.74, 6) is 2.13. The van der Waals surface area contributed by atoms with E-state index >= 15 is 0 Å². The second kappa shape index (κ2) is 10.0. The highest BCUT2D eigenvalue weighted by Crippen LogP contribution is 2.36. The number of anilines is 1. The standard InChI is InChI=1S/C23H23N5O.2ClH/c24-22-21-20(14-28(23(21)27-15-26-22)17-10-12-25-13-11-17)16-6-8-19(9-7-16)29-18-4-2-1-3-5-18;;/h1-9,14-15,17,25H,10-13H2,(H2,24,26,27);2*1H. The number of para-hydroxylation sites is 1. The molecule has 2 aromatic heterocycles. The van der Waals surface area contributed by atoms with Gasteiger partial charge in [0.2, 0.25) is 0 Å². The highest BCUT2D eigenvalue weighted by atomic mass is 35.5. The summed E-state index contributed by atoms with van der Waals surface area (Å²) < 4.78 is 8.19. The van der Waals surface area contributed by atoms with Crippen molar-refractivity contribution in [2.45, 2.75) is 18.9 Å². The largest absolute Gasteiger partial charge is 0.457 e. The van der Waals surface area contributed by atoms with Crippen molar-refractivity contribution >= 4 is 41.7 Å². The lowest BCUT2D eigenvalue weighted by Gasteiger charge is -2.24. The molecule has 0 spiro atoms. The zero-order valence-electron chi connectivity index (χ0n) is 16.9. The summed E-state index contributed by atoms with van der Waals surface area (Å²) in [6, 6.07) is 18.3. The molecule has 0 amide bonds. The van der Waals surface area contributed by atoms with Crippen LogP contribution in [0.4, 0.5) is 5.82 Å². The number of nitrogens with two attached hydrogens (primary N) is 1. The van der Waals surface area contributed by atoms with E-state index in [9.17, 15) is 0 Å². The number of nitrogens with zero attached hydrogens (tertiary/aromatic N) is 3. The van der Waals surface area contributed by atoms with Crippen LogP contribution < -0.4 is 15.8 Å². The molecule has 3 N–H and O–H groups in total. The van der Waals surface area contributed by atoms with Gasteiger partial charge in [-0.1, -0.05) is 30.3 Å². The molecular formula is C23H25Cl2N5O. The zero-order valence-corrected chi connectivity index (χ0v) is 18.5. The molecule has 0 radical (unpaired) electrons. The fourth-order valence-corrected chi connectivity index (χ4v) is 4.02. The van der Waals surface area contributed by atoms with Crippen molar-refractivity contribution in [3.05, 3.63) is 67.1 Å². The van der Waals surface area contributed by atoms with Crippen LogP contribution in [0.2, 0.25) is 0 Å². The van der Waals surface area contributed by atoms with E-state index in [4.69, 9.17) is 10.5 Å². The number of benzene rings is 2. The third-order valence-electron chi connectivity index (χ3n) is 5.48. The molecule has 6 nitrogen and oxygen atoms in total. The number of nitrogens with one attached hydrogen (secondary N) is 1. The van der Waals surface area contributed by atoms with Crippen LogP contribution in [0.1, 0.15) is 18.9 Å². The number of hydrogen-bond donors (Lipinski definition) is 2. The molecule has 0 aliphatic carbocycles. The first-order chi connectivity index (χ1) is 14.3. The van der Waals surface area contributed by atoms with Crippen LogP contribution in [-0.4, -0.2) is 27.6 Å². The van der Waals surface area contributed by atoms with E-state index in [0.29, 0.717) is 11.9 Å². The van der Waals surface area contributed by atoms with Crippen molar-refractivity contribution in [2.75, 3.05) is 18.8 Å². The van der Waals surface area contributed by atoms with E-state index in [1.807, 2.05) is 42.5 Å². The number of fused-ring (bicyclic) bond motifs is 1. The number of hydrogen-bond acceptors (Lipinski definition) is 5. The lowest BCUT2D eigenvalue weighted by Crippen LogP contribution is -2.29. The third-order valence-corrected chi connectivity index (χ3v) is 5.48. The molecule has 0 atom stereocenters. The van der Waals surface area contributed by atoms with Crippen LogP contribution in [0, 0.1) is 0 Å². The van der Waals surface area contributed by atoms with Gasteiger partial charge in [-0.3, -0.25) is 0 Å². The van der Waals surface area contributed by atoms with E-state index in [2.05, 4.69) is 38.2 Å². The van der Waals surface area contributed by atoms with Crippen molar-refractivity contribution < 1.29 is 4.74 Å². The molecule has 3 heterocycles. The Morgan fingerprint density at radius 3 is 2.29 bits per heavy atom. The molecule has 1 aliphatic rings. The molecule has 0 saturated carbocycles. The number of nitrogen functional groups attached to an aromatic ring is 1. The summed E-state index contributed by atoms with van der Waals surface area (Å²) in [5, 5.41) is 4.34. The summed E-state index contributed by atoms with van der Waals surface area (Å²) in [5.41, 5.74) is 9.31. The van der Waals surface area contributed by atoms with E-state index in [1.165, 1.54) is 0 Å². The van der Waals surface area contributed by atoms with Crippen LogP contribution >= 0.6 is 24.8 Å². The molecule has 162 valence electrons. The first-order valence-electron chi connectivity index (χ1n) is 9.94. The SMILES string of the molecule is Cl.Cl.Nc1ncnc2c1c(-c1ccc(Oc3ccccc3)cc1)cn2C1CCNCC1. The number of rotatable bonds is 4. The van der Waals surface area contributed by atoms with Crippen LogP contribution in [0.5, 0.6) is 11.5 Å². The lowest BCUT2D eigenvalue weighted by molar-refractivity contribution is 0.375. The van der Waals surface area contributed by atoms with Crippen molar-refractivity contribution in [3.8, 4) is 22.6 Å². The van der Waals surface area contributed by atoms with Gasteiger partial charge in [-0.25, -0.2) is 9.97 Å². The zero-order chi connectivity index (χ0) is 19.6. The van der Waals surface area contributed by atoms with E-state index in [0.717, 1.165) is 59.6 Å². The van der Waals surface area contributed by atoms with Crippen LogP contribution in [0.3, 0.4) is 0 Å². The molecule has 8 heteroatoms. The minimum Gasteiger partial charge on any atom is -0.457 e. The van der Waals surface area contributed by atoms with Gasteiger partial charge >= 0.3 is 0 Å². The number of halogens is 2. The molecular weight excluding hydrogens is 433 g/mol. The average Bonchev–Trinajstić information content (AvgIpc) is 3.17. The maximum atomic E-state index is 6.27. The third kappa shape index (κ3) is 4.61. The highest BCUT2D eigenvalue weighted by Gasteiger charge is 2.21. The van der Waals surface area contributed by atoms with Crippen molar-refractivity contribution in [1.82, 2.24) is 19.9 Å². The van der Waals surface area contributed by atoms with Crippen LogP contribution in [0.15, 0.2) is 67.1 Å². The minimum atomic E-state index is 0. The van der Waals surface area contributed by atoms with Gasteiger partial charge in [0.15, 0.2) is 0 Å². The van der Waals surface area contributed by atoms with Crippen molar-refractivity contribution in [1.29, 1.82) is 0 Å². The maximum absolute atomic E-state index is 6.27. The molecule has 4 aromatic rings. The summed E-state index contributed by atoms with van der Waals surface area (Å²) >= 11 is 0. The van der Waals surface area contributed by atoms with Gasteiger partial charge in [-0.05, 0) is 55.8 Å². The first-order valence-corrected chi connectivity index (χ1v) is 9.94. The maximum Gasteiger partial charge on any atom is 0.146 e. The smallest absolute Gasteiger partial charge is 0.146 e. The Morgan fingerprint density at radius 2 is 1.58 bits per heavy atom. The van der Waals surface area contributed by atoms with Gasteiger partial charge in [0.05, 0.1) is 5.39 Å². The summed E-state index contributed by atoms with van der Waals surface area (Å²) in [6.45, 7) is 2.04. The summed E-state index contributed by atoms with van der Waals surface area (Å²) in [6.07, 6.45) is 5.89. The Balaban J connectivity index is 0.00000136. The van der Waals surface area contributed by atoms with Crippen LogP contribution in [0.25, 0.3) is 22.2 Å². The first kappa shape index (κ1) is 22.9. The molecule has 1 aliphatic heterocycles. The number of piperidine rings is 1. The molecule has 31 heavy (non-hydrogen) atoms. The van der Waals surface area contributed by atoms with Gasteiger partial charge in [0.1, 0.15) is 29.3 Å². The van der Waals surface area contributed by atoms with E-state index in [1.54, 1.807) is 6.33 Å². The predicted molar refractivity (Wildman–Crippen MR) is 130 cm³/mol. The topological polar surface area (TPSA) is 78.0 Å². The van der Waals surface area contributed by atoms with Crippen molar-refractivity contribution in [2.24, 2.45) is 0 Å². The molecule has 2 aromatic carbocycles. The number of aromatic nitrogens is 3. The summed E-state index contributed by atoms with van der Waals surface area (Å²) in [7, 11) is 0. The molecule has 1 saturated heterocycles. The fourth-order valence-electron chi connectivity index (χ4n) is 4.02. The van der Waals surface area contributed by atoms with Gasteiger partial charge in [-0.15, -0.1) is 24.8 Å². The molecule has 1 fully saturated rings. The lowest BCUT2D eigenvalue weighted by atomic mass is 10.1. The fraction of sp³-hybridized carbons (Fsp3) is 0.217. The Morgan fingerprint density at radius 1 is 0.903 bits per heavy atom. The Bertz CT molecular complexity index is 1130. The second-order valence-corrected chi connectivity index (χ2v) is 7.33. The van der Waals surface area contributed by atoms with Gasteiger partial charge < -0.3 is 20.4 Å². The second-order valence-electron chi connectivity index (χ2n) is 7.33.